The van der Waals surface area contributed by atoms with E-state index in [1.165, 1.54) is 18.5 Å². The lowest BCUT2D eigenvalue weighted by atomic mass is 10.2. The van der Waals surface area contributed by atoms with Crippen molar-refractivity contribution in [3.05, 3.63) is 70.8 Å². The number of hydrogen-bond acceptors (Lipinski definition) is 5. The number of para-hydroxylation sites is 2. The number of carbonyl (C=O) groups is 2. The van der Waals surface area contributed by atoms with Gasteiger partial charge in [0.1, 0.15) is 5.82 Å². The SMILES string of the molecule is O=C(CCc1nc2ccccc2c(=O)n1CCC(=O)N1CCN(c2ccccc2)CC1)N1CCCCCC1. The van der Waals surface area contributed by atoms with Gasteiger partial charge in [-0.15, -0.1) is 0 Å². The number of amides is 2. The van der Waals surface area contributed by atoms with Crippen LogP contribution in [0.2, 0.25) is 0 Å². The van der Waals surface area contributed by atoms with Crippen molar-refractivity contribution in [3.8, 4) is 0 Å². The molecule has 1 aromatic heterocycles. The van der Waals surface area contributed by atoms with Gasteiger partial charge in [0.25, 0.3) is 5.56 Å². The van der Waals surface area contributed by atoms with Crippen LogP contribution in [-0.2, 0) is 22.6 Å². The molecule has 38 heavy (non-hydrogen) atoms. The summed E-state index contributed by atoms with van der Waals surface area (Å²) in [6, 6.07) is 17.6. The average molecular weight is 516 g/mol. The largest absolute Gasteiger partial charge is 0.368 e. The minimum absolute atomic E-state index is 0.0457. The van der Waals surface area contributed by atoms with Crippen LogP contribution in [0.3, 0.4) is 0 Å². The van der Waals surface area contributed by atoms with Gasteiger partial charge >= 0.3 is 0 Å². The monoisotopic (exact) mass is 515 g/mol. The maximum Gasteiger partial charge on any atom is 0.261 e. The molecule has 0 aliphatic carbocycles. The summed E-state index contributed by atoms with van der Waals surface area (Å²) in [5.74, 6) is 0.746. The Morgan fingerprint density at radius 2 is 1.34 bits per heavy atom. The molecular weight excluding hydrogens is 478 g/mol. The molecule has 2 saturated heterocycles. The van der Waals surface area contributed by atoms with Crippen LogP contribution in [0.5, 0.6) is 0 Å². The van der Waals surface area contributed by atoms with Crippen molar-refractivity contribution in [2.24, 2.45) is 0 Å². The minimum atomic E-state index is -0.144. The maximum atomic E-state index is 13.4. The van der Waals surface area contributed by atoms with Crippen molar-refractivity contribution in [3.63, 3.8) is 0 Å². The summed E-state index contributed by atoms with van der Waals surface area (Å²) in [5, 5.41) is 0.541. The molecule has 200 valence electrons. The highest BCUT2D eigenvalue weighted by Gasteiger charge is 2.22. The number of carbonyl (C=O) groups excluding carboxylic acids is 2. The molecule has 2 amide bonds. The molecule has 0 bridgehead atoms. The Morgan fingerprint density at radius 1 is 0.711 bits per heavy atom. The van der Waals surface area contributed by atoms with Crippen LogP contribution in [0, 0.1) is 0 Å². The van der Waals surface area contributed by atoms with E-state index >= 15 is 0 Å². The summed E-state index contributed by atoms with van der Waals surface area (Å²) in [5.41, 5.74) is 1.66. The quantitative estimate of drug-likeness (QED) is 0.482. The topological polar surface area (TPSA) is 78.7 Å². The lowest BCUT2D eigenvalue weighted by Gasteiger charge is -2.36. The number of fused-ring (bicyclic) bond motifs is 1. The fraction of sp³-hybridized carbons (Fsp3) is 0.467. The molecule has 2 aromatic carbocycles. The Morgan fingerprint density at radius 3 is 2.08 bits per heavy atom. The van der Waals surface area contributed by atoms with Crippen molar-refractivity contribution in [1.82, 2.24) is 19.4 Å². The number of nitrogens with zero attached hydrogens (tertiary/aromatic N) is 5. The van der Waals surface area contributed by atoms with Crippen LogP contribution in [0.1, 0.15) is 44.3 Å². The number of aromatic nitrogens is 2. The van der Waals surface area contributed by atoms with E-state index in [9.17, 15) is 14.4 Å². The van der Waals surface area contributed by atoms with E-state index in [2.05, 4.69) is 17.0 Å². The number of rotatable bonds is 7. The predicted molar refractivity (Wildman–Crippen MR) is 149 cm³/mol. The van der Waals surface area contributed by atoms with E-state index in [4.69, 9.17) is 4.98 Å². The third kappa shape index (κ3) is 6.06. The molecule has 3 heterocycles. The molecule has 0 spiro atoms. The lowest BCUT2D eigenvalue weighted by Crippen LogP contribution is -2.49. The van der Waals surface area contributed by atoms with Gasteiger partial charge in [0.05, 0.1) is 10.9 Å². The minimum Gasteiger partial charge on any atom is -0.368 e. The summed E-state index contributed by atoms with van der Waals surface area (Å²) < 4.78 is 1.62. The van der Waals surface area contributed by atoms with Crippen molar-refractivity contribution in [2.75, 3.05) is 44.2 Å². The van der Waals surface area contributed by atoms with E-state index in [1.54, 1.807) is 10.6 Å². The van der Waals surface area contributed by atoms with Gasteiger partial charge in [-0.1, -0.05) is 43.2 Å². The number of aryl methyl sites for hydroxylation is 1. The van der Waals surface area contributed by atoms with E-state index < -0.39 is 0 Å². The van der Waals surface area contributed by atoms with Crippen LogP contribution >= 0.6 is 0 Å². The van der Waals surface area contributed by atoms with Gasteiger partial charge in [-0.05, 0) is 37.1 Å². The van der Waals surface area contributed by atoms with E-state index in [1.807, 2.05) is 46.2 Å². The Balaban J connectivity index is 1.25. The van der Waals surface area contributed by atoms with Gasteiger partial charge in [-0.25, -0.2) is 4.98 Å². The standard InChI is InChI=1S/C30H37N5O3/c36-28(33-17-8-1-2-9-18-33)15-14-27-31-26-13-7-6-12-25(26)30(38)35(27)19-16-29(37)34-22-20-32(21-23-34)24-10-4-3-5-11-24/h3-7,10-13H,1-2,8-9,14-23H2. The first-order valence-corrected chi connectivity index (χ1v) is 13.9. The van der Waals surface area contributed by atoms with Gasteiger partial charge in [0.2, 0.25) is 11.8 Å². The second-order valence-corrected chi connectivity index (χ2v) is 10.3. The molecule has 0 N–H and O–H groups in total. The van der Waals surface area contributed by atoms with Crippen LogP contribution in [-0.4, -0.2) is 70.4 Å². The zero-order valence-corrected chi connectivity index (χ0v) is 22.1. The Hall–Kier alpha value is -3.68. The number of piperazine rings is 1. The first kappa shape index (κ1) is 25.9. The summed E-state index contributed by atoms with van der Waals surface area (Å²) in [4.78, 5) is 50.4. The fourth-order valence-corrected chi connectivity index (χ4v) is 5.55. The number of likely N-dealkylation sites (tertiary alicyclic amines) is 1. The molecule has 3 aromatic rings. The highest BCUT2D eigenvalue weighted by atomic mass is 16.2. The molecule has 2 aliphatic rings. The normalized spacial score (nSPS) is 16.5. The zero-order chi connectivity index (χ0) is 26.3. The third-order valence-electron chi connectivity index (χ3n) is 7.76. The molecule has 2 aliphatic heterocycles. The molecule has 2 fully saturated rings. The van der Waals surface area contributed by atoms with Crippen molar-refractivity contribution in [1.29, 1.82) is 0 Å². The second kappa shape index (κ2) is 12.2. The summed E-state index contributed by atoms with van der Waals surface area (Å²) in [6.07, 6.45) is 5.38. The predicted octanol–water partition coefficient (Wildman–Crippen LogP) is 3.47. The highest BCUT2D eigenvalue weighted by Crippen LogP contribution is 2.17. The Kier molecular flexibility index (Phi) is 8.36. The first-order chi connectivity index (χ1) is 18.6. The second-order valence-electron chi connectivity index (χ2n) is 10.3. The molecule has 0 atom stereocenters. The van der Waals surface area contributed by atoms with Crippen LogP contribution in [0.15, 0.2) is 59.4 Å². The van der Waals surface area contributed by atoms with Crippen LogP contribution < -0.4 is 10.5 Å². The van der Waals surface area contributed by atoms with E-state index in [0.29, 0.717) is 42.7 Å². The summed E-state index contributed by atoms with van der Waals surface area (Å²) in [6.45, 7) is 4.78. The van der Waals surface area contributed by atoms with Gasteiger partial charge in [-0.3, -0.25) is 19.0 Å². The number of benzene rings is 2. The van der Waals surface area contributed by atoms with E-state index in [0.717, 1.165) is 39.0 Å². The van der Waals surface area contributed by atoms with Gasteiger partial charge < -0.3 is 14.7 Å². The van der Waals surface area contributed by atoms with Crippen molar-refractivity contribution in [2.45, 2.75) is 51.5 Å². The third-order valence-corrected chi connectivity index (χ3v) is 7.76. The molecule has 0 radical (unpaired) electrons. The average Bonchev–Trinajstić information content (AvgIpc) is 3.26. The lowest BCUT2D eigenvalue weighted by molar-refractivity contribution is -0.132. The van der Waals surface area contributed by atoms with Gasteiger partial charge in [0, 0.05) is 70.8 Å². The molecule has 0 unspecified atom stereocenters. The Labute approximate surface area is 223 Å². The van der Waals surface area contributed by atoms with Crippen LogP contribution in [0.25, 0.3) is 10.9 Å². The molecule has 8 nitrogen and oxygen atoms in total. The molecular formula is C30H37N5O3. The highest BCUT2D eigenvalue weighted by molar-refractivity contribution is 5.79. The van der Waals surface area contributed by atoms with Gasteiger partial charge in [0.15, 0.2) is 0 Å². The molecule has 5 rings (SSSR count). The van der Waals surface area contributed by atoms with Crippen molar-refractivity contribution >= 4 is 28.4 Å². The van der Waals surface area contributed by atoms with Crippen molar-refractivity contribution < 1.29 is 9.59 Å². The Bertz CT molecular complexity index is 1310. The van der Waals surface area contributed by atoms with Gasteiger partial charge in [-0.2, -0.15) is 0 Å². The number of anilines is 1. The summed E-state index contributed by atoms with van der Waals surface area (Å²) in [7, 11) is 0. The molecule has 0 saturated carbocycles. The van der Waals surface area contributed by atoms with E-state index in [-0.39, 0.29) is 30.3 Å². The van der Waals surface area contributed by atoms with Crippen LogP contribution in [0.4, 0.5) is 5.69 Å². The smallest absolute Gasteiger partial charge is 0.261 e. The number of hydrogen-bond donors (Lipinski definition) is 0. The zero-order valence-electron chi connectivity index (χ0n) is 22.1. The maximum absolute atomic E-state index is 13.4. The molecule has 8 heteroatoms. The summed E-state index contributed by atoms with van der Waals surface area (Å²) >= 11 is 0. The fourth-order valence-electron chi connectivity index (χ4n) is 5.55. The first-order valence-electron chi connectivity index (χ1n) is 13.9.